The van der Waals surface area contributed by atoms with E-state index >= 15 is 0 Å². The van der Waals surface area contributed by atoms with Gasteiger partial charge in [0, 0.05) is 22.9 Å². The van der Waals surface area contributed by atoms with Gasteiger partial charge in [0.05, 0.1) is 44.5 Å². The number of hydrazone groups is 1. The third-order valence-corrected chi connectivity index (χ3v) is 7.13. The van der Waals surface area contributed by atoms with Crippen molar-refractivity contribution in [3.05, 3.63) is 108 Å². The van der Waals surface area contributed by atoms with E-state index < -0.39 is 0 Å². The van der Waals surface area contributed by atoms with Gasteiger partial charge in [-0.3, -0.25) is 5.01 Å². The predicted octanol–water partition coefficient (Wildman–Crippen LogP) is 7.22. The molecule has 1 aromatic heterocycles. The molecule has 4 aromatic carbocycles. The molecule has 1 N–H and O–H groups in total. The van der Waals surface area contributed by atoms with Gasteiger partial charge >= 0.3 is 0 Å². The molecular weight excluding hydrogens is 474 g/mol. The molecule has 6 nitrogen and oxygen atoms in total. The lowest BCUT2D eigenvalue weighted by atomic mass is 9.93. The summed E-state index contributed by atoms with van der Waals surface area (Å²) in [6, 6.07) is 32.9. The van der Waals surface area contributed by atoms with E-state index in [0.29, 0.717) is 0 Å². The third kappa shape index (κ3) is 4.24. The highest BCUT2D eigenvalue weighted by atomic mass is 16.5. The first-order chi connectivity index (χ1) is 18.7. The Morgan fingerprint density at radius 1 is 0.684 bits per heavy atom. The summed E-state index contributed by atoms with van der Waals surface area (Å²) in [7, 11) is 5.05. The molecule has 0 saturated heterocycles. The Bertz CT molecular complexity index is 1590. The molecule has 1 atom stereocenters. The monoisotopic (exact) mass is 503 g/mol. The van der Waals surface area contributed by atoms with Gasteiger partial charge in [0.2, 0.25) is 0 Å². The number of nitrogens with one attached hydrogen (secondary N) is 1. The second kappa shape index (κ2) is 9.98. The molecular formula is C32H29N3O3. The van der Waals surface area contributed by atoms with Crippen LogP contribution in [-0.4, -0.2) is 32.0 Å². The van der Waals surface area contributed by atoms with Gasteiger partial charge in [-0.05, 0) is 90.0 Å². The average Bonchev–Trinajstić information content (AvgIpc) is 3.59. The quantitative estimate of drug-likeness (QED) is 0.255. The maximum absolute atomic E-state index is 5.42. The summed E-state index contributed by atoms with van der Waals surface area (Å²) in [4.78, 5) is 3.70. The van der Waals surface area contributed by atoms with Crippen molar-refractivity contribution in [2.75, 3.05) is 26.3 Å². The summed E-state index contributed by atoms with van der Waals surface area (Å²) in [5, 5.41) is 8.51. The number of ether oxygens (including phenoxy) is 3. The normalized spacial score (nSPS) is 15.0. The standard InChI is InChI=1S/C32H29N3O3/c1-36-24-14-8-21(9-15-24)29-20-30(35(34-29)23-12-18-26(38-3)19-13-23)31-27-6-4-5-7-28(27)33-32(31)22-10-16-25(37-2)17-11-22/h4-19,30,33H,20H2,1-3H3/t30-/m1/s1. The Kier molecular flexibility index (Phi) is 6.22. The number of hydrogen-bond acceptors (Lipinski definition) is 5. The Morgan fingerprint density at radius 2 is 1.24 bits per heavy atom. The van der Waals surface area contributed by atoms with E-state index in [4.69, 9.17) is 19.3 Å². The highest BCUT2D eigenvalue weighted by molar-refractivity contribution is 6.04. The number of aromatic nitrogens is 1. The van der Waals surface area contributed by atoms with Gasteiger partial charge in [-0.15, -0.1) is 0 Å². The predicted molar refractivity (Wildman–Crippen MR) is 153 cm³/mol. The number of methoxy groups -OCH3 is 3. The first kappa shape index (κ1) is 23.7. The van der Waals surface area contributed by atoms with Crippen molar-refractivity contribution in [1.82, 2.24) is 4.98 Å². The number of hydrogen-bond donors (Lipinski definition) is 1. The lowest BCUT2D eigenvalue weighted by Crippen LogP contribution is -2.19. The molecule has 0 bridgehead atoms. The summed E-state index contributed by atoms with van der Waals surface area (Å²) in [6.45, 7) is 0. The summed E-state index contributed by atoms with van der Waals surface area (Å²) < 4.78 is 16.2. The van der Waals surface area contributed by atoms with Gasteiger partial charge < -0.3 is 19.2 Å². The zero-order valence-electron chi connectivity index (χ0n) is 21.6. The number of anilines is 1. The average molecular weight is 504 g/mol. The molecule has 0 spiro atoms. The lowest BCUT2D eigenvalue weighted by Gasteiger charge is -2.25. The third-order valence-electron chi connectivity index (χ3n) is 7.13. The SMILES string of the molecule is COc1ccc(C2=NN(c3ccc(OC)cc3)[C@@H](c3c(-c4ccc(OC)cc4)[nH]c4ccccc34)C2)cc1. The second-order valence-corrected chi connectivity index (χ2v) is 9.23. The van der Waals surface area contributed by atoms with Crippen LogP contribution in [0.5, 0.6) is 17.2 Å². The minimum absolute atomic E-state index is 0.0197. The maximum atomic E-state index is 5.42. The molecule has 2 heterocycles. The molecule has 0 radical (unpaired) electrons. The van der Waals surface area contributed by atoms with Crippen LogP contribution in [0.1, 0.15) is 23.6 Å². The number of fused-ring (bicyclic) bond motifs is 1. The molecule has 0 fully saturated rings. The summed E-state index contributed by atoms with van der Waals surface area (Å²) >= 11 is 0. The van der Waals surface area contributed by atoms with Crippen LogP contribution in [0.2, 0.25) is 0 Å². The van der Waals surface area contributed by atoms with E-state index in [1.165, 1.54) is 10.9 Å². The largest absolute Gasteiger partial charge is 0.497 e. The Morgan fingerprint density at radius 3 is 1.84 bits per heavy atom. The van der Waals surface area contributed by atoms with Gasteiger partial charge in [0.15, 0.2) is 0 Å². The number of aromatic amines is 1. The van der Waals surface area contributed by atoms with Crippen molar-refractivity contribution >= 4 is 22.3 Å². The molecule has 0 saturated carbocycles. The first-order valence-corrected chi connectivity index (χ1v) is 12.6. The van der Waals surface area contributed by atoms with Crippen molar-refractivity contribution in [2.45, 2.75) is 12.5 Å². The van der Waals surface area contributed by atoms with Crippen molar-refractivity contribution in [1.29, 1.82) is 0 Å². The van der Waals surface area contributed by atoms with Crippen molar-refractivity contribution < 1.29 is 14.2 Å². The van der Waals surface area contributed by atoms with E-state index in [2.05, 4.69) is 70.7 Å². The Balaban J connectivity index is 1.50. The van der Waals surface area contributed by atoms with Crippen molar-refractivity contribution in [3.63, 3.8) is 0 Å². The molecule has 6 rings (SSSR count). The van der Waals surface area contributed by atoms with E-state index in [0.717, 1.165) is 57.4 Å². The van der Waals surface area contributed by atoms with Crippen LogP contribution >= 0.6 is 0 Å². The summed E-state index contributed by atoms with van der Waals surface area (Å²) in [5.74, 6) is 2.47. The van der Waals surface area contributed by atoms with Crippen molar-refractivity contribution in [2.24, 2.45) is 5.10 Å². The maximum Gasteiger partial charge on any atom is 0.119 e. The Labute approximate surface area is 222 Å². The Hall–Kier alpha value is -4.71. The van der Waals surface area contributed by atoms with Gasteiger partial charge in [0.1, 0.15) is 17.2 Å². The molecule has 5 aromatic rings. The number of rotatable bonds is 7. The van der Waals surface area contributed by atoms with E-state index in [1.54, 1.807) is 21.3 Å². The molecule has 6 heteroatoms. The van der Waals surface area contributed by atoms with Crippen molar-refractivity contribution in [3.8, 4) is 28.5 Å². The molecule has 0 amide bonds. The van der Waals surface area contributed by atoms with Crippen LogP contribution in [0.15, 0.2) is 102 Å². The summed E-state index contributed by atoms with van der Waals surface area (Å²) in [5.41, 5.74) is 7.62. The first-order valence-electron chi connectivity index (χ1n) is 12.6. The van der Waals surface area contributed by atoms with Crippen LogP contribution in [0, 0.1) is 0 Å². The number of para-hydroxylation sites is 1. The fourth-order valence-corrected chi connectivity index (χ4v) is 5.16. The molecule has 190 valence electrons. The van der Waals surface area contributed by atoms with Gasteiger partial charge in [-0.1, -0.05) is 18.2 Å². The molecule has 1 aliphatic heterocycles. The van der Waals surface area contributed by atoms with Gasteiger partial charge in [-0.2, -0.15) is 5.10 Å². The van der Waals surface area contributed by atoms with E-state index in [1.807, 2.05) is 36.4 Å². The summed E-state index contributed by atoms with van der Waals surface area (Å²) in [6.07, 6.45) is 0.753. The highest BCUT2D eigenvalue weighted by Gasteiger charge is 2.34. The topological polar surface area (TPSA) is 59.1 Å². The zero-order chi connectivity index (χ0) is 26.1. The number of benzene rings is 4. The van der Waals surface area contributed by atoms with E-state index in [-0.39, 0.29) is 6.04 Å². The number of nitrogens with zero attached hydrogens (tertiary/aromatic N) is 2. The number of H-pyrrole nitrogens is 1. The molecule has 1 aliphatic rings. The van der Waals surface area contributed by atoms with E-state index in [9.17, 15) is 0 Å². The zero-order valence-corrected chi connectivity index (χ0v) is 21.6. The lowest BCUT2D eigenvalue weighted by molar-refractivity contribution is 0.414. The second-order valence-electron chi connectivity index (χ2n) is 9.23. The highest BCUT2D eigenvalue weighted by Crippen LogP contribution is 2.44. The minimum atomic E-state index is -0.0197. The fourth-order valence-electron chi connectivity index (χ4n) is 5.16. The van der Waals surface area contributed by atoms with Crippen LogP contribution in [0.25, 0.3) is 22.2 Å². The minimum Gasteiger partial charge on any atom is -0.497 e. The van der Waals surface area contributed by atoms with Crippen LogP contribution in [0.3, 0.4) is 0 Å². The van der Waals surface area contributed by atoms with Crippen LogP contribution in [0.4, 0.5) is 5.69 Å². The fraction of sp³-hybridized carbons (Fsp3) is 0.156. The van der Waals surface area contributed by atoms with Crippen LogP contribution in [-0.2, 0) is 0 Å². The van der Waals surface area contributed by atoms with Gasteiger partial charge in [0.25, 0.3) is 0 Å². The van der Waals surface area contributed by atoms with Gasteiger partial charge in [-0.25, -0.2) is 0 Å². The smallest absolute Gasteiger partial charge is 0.119 e. The molecule has 38 heavy (non-hydrogen) atoms. The van der Waals surface area contributed by atoms with Crippen LogP contribution < -0.4 is 19.2 Å². The molecule has 0 aliphatic carbocycles. The molecule has 0 unspecified atom stereocenters.